The second kappa shape index (κ2) is 8.39. The summed E-state index contributed by atoms with van der Waals surface area (Å²) in [5.41, 5.74) is -0.604. The van der Waals surface area contributed by atoms with Gasteiger partial charge in [0.25, 0.3) is 18.8 Å². The van der Waals surface area contributed by atoms with Gasteiger partial charge in [0, 0.05) is 38.8 Å². The highest BCUT2D eigenvalue weighted by Crippen LogP contribution is 2.25. The first-order valence-corrected chi connectivity index (χ1v) is 9.45. The highest BCUT2D eigenvalue weighted by Gasteiger charge is 2.26. The molecule has 1 fully saturated rings. The van der Waals surface area contributed by atoms with Crippen molar-refractivity contribution in [1.29, 1.82) is 0 Å². The molecule has 2 aromatic heterocycles. The van der Waals surface area contributed by atoms with Crippen molar-refractivity contribution in [2.75, 3.05) is 26.2 Å². The Morgan fingerprint density at radius 2 is 1.67 bits per heavy atom. The van der Waals surface area contributed by atoms with Crippen molar-refractivity contribution in [3.8, 4) is 0 Å². The number of hydrogen-bond donors (Lipinski definition) is 0. The van der Waals surface area contributed by atoms with E-state index in [2.05, 4.69) is 15.0 Å². The zero-order valence-electron chi connectivity index (χ0n) is 15.9. The summed E-state index contributed by atoms with van der Waals surface area (Å²) in [6.45, 7) is 3.00. The Labute approximate surface area is 169 Å². The maximum Gasteiger partial charge on any atom is 0.280 e. The summed E-state index contributed by atoms with van der Waals surface area (Å²) in [5.74, 6) is -0.432. The molecule has 0 atom stereocenters. The van der Waals surface area contributed by atoms with E-state index in [9.17, 15) is 22.4 Å². The van der Waals surface area contributed by atoms with Gasteiger partial charge in [-0.2, -0.15) is 5.10 Å². The fraction of sp³-hybridized carbons (Fsp3) is 0.350. The molecule has 4 rings (SSSR count). The number of halogens is 4. The Balaban J connectivity index is 1.49. The van der Waals surface area contributed by atoms with E-state index in [4.69, 9.17) is 0 Å². The van der Waals surface area contributed by atoms with Gasteiger partial charge in [-0.3, -0.25) is 9.69 Å². The summed E-state index contributed by atoms with van der Waals surface area (Å²) in [6, 6.07) is 11.8. The maximum absolute atomic E-state index is 13.3. The van der Waals surface area contributed by atoms with Crippen molar-refractivity contribution in [1.82, 2.24) is 24.4 Å². The number of hydrogen-bond acceptors (Lipinski definition) is 4. The van der Waals surface area contributed by atoms with Gasteiger partial charge in [-0.1, -0.05) is 30.3 Å². The first kappa shape index (κ1) is 20.3. The number of rotatable bonds is 5. The van der Waals surface area contributed by atoms with Gasteiger partial charge < -0.3 is 4.90 Å². The SMILES string of the molecule is O=C(c1cc2nc(C(F)F)cc(C(F)F)n2n1)N1CCN(Cc2ccccc2)CC1. The van der Waals surface area contributed by atoms with Crippen LogP contribution in [-0.4, -0.2) is 56.5 Å². The van der Waals surface area contributed by atoms with Crippen LogP contribution in [0.15, 0.2) is 42.5 Å². The lowest BCUT2D eigenvalue weighted by molar-refractivity contribution is 0.0621. The van der Waals surface area contributed by atoms with Crippen LogP contribution in [0, 0.1) is 0 Å². The third-order valence-corrected chi connectivity index (χ3v) is 5.05. The molecule has 3 heterocycles. The molecule has 0 unspecified atom stereocenters. The van der Waals surface area contributed by atoms with Crippen LogP contribution in [0.25, 0.3) is 5.65 Å². The smallest absolute Gasteiger partial charge is 0.280 e. The molecule has 158 valence electrons. The Morgan fingerprint density at radius 3 is 2.30 bits per heavy atom. The molecule has 0 saturated carbocycles. The van der Waals surface area contributed by atoms with E-state index >= 15 is 0 Å². The molecule has 0 aliphatic carbocycles. The third-order valence-electron chi connectivity index (χ3n) is 5.05. The predicted octanol–water partition coefficient (Wildman–Crippen LogP) is 3.56. The van der Waals surface area contributed by atoms with Crippen molar-refractivity contribution >= 4 is 11.6 Å². The monoisotopic (exact) mass is 421 g/mol. The fourth-order valence-corrected chi connectivity index (χ4v) is 3.50. The lowest BCUT2D eigenvalue weighted by Crippen LogP contribution is -2.48. The number of aromatic nitrogens is 3. The average Bonchev–Trinajstić information content (AvgIpc) is 3.18. The normalized spacial score (nSPS) is 15.5. The molecule has 0 radical (unpaired) electrons. The van der Waals surface area contributed by atoms with Crippen LogP contribution in [0.1, 0.15) is 40.3 Å². The molecule has 6 nitrogen and oxygen atoms in total. The number of piperazine rings is 1. The van der Waals surface area contributed by atoms with Gasteiger partial charge in [0.1, 0.15) is 11.4 Å². The van der Waals surface area contributed by atoms with E-state index in [-0.39, 0.29) is 11.3 Å². The van der Waals surface area contributed by atoms with Crippen LogP contribution in [0.5, 0.6) is 0 Å². The van der Waals surface area contributed by atoms with Gasteiger partial charge in [-0.25, -0.2) is 27.1 Å². The Kier molecular flexibility index (Phi) is 5.67. The van der Waals surface area contributed by atoms with Gasteiger partial charge in [0.2, 0.25) is 0 Å². The molecule has 1 saturated heterocycles. The first-order chi connectivity index (χ1) is 14.4. The van der Waals surface area contributed by atoms with Crippen LogP contribution < -0.4 is 0 Å². The van der Waals surface area contributed by atoms with Gasteiger partial charge in [-0.05, 0) is 11.6 Å². The Bertz CT molecular complexity index is 1030. The lowest BCUT2D eigenvalue weighted by atomic mass is 10.2. The molecule has 1 amide bonds. The molecule has 30 heavy (non-hydrogen) atoms. The summed E-state index contributed by atoms with van der Waals surface area (Å²) in [6.07, 6.45) is -6.03. The summed E-state index contributed by atoms with van der Waals surface area (Å²) < 4.78 is 53.3. The number of carbonyl (C=O) groups is 1. The minimum Gasteiger partial charge on any atom is -0.335 e. The summed E-state index contributed by atoms with van der Waals surface area (Å²) in [5, 5.41) is 3.92. The largest absolute Gasteiger partial charge is 0.335 e. The molecule has 1 aromatic carbocycles. The average molecular weight is 421 g/mol. The van der Waals surface area contributed by atoms with Crippen LogP contribution in [-0.2, 0) is 6.54 Å². The van der Waals surface area contributed by atoms with Crippen LogP contribution in [0.3, 0.4) is 0 Å². The standard InChI is InChI=1S/C20H19F4N5O/c21-18(22)14-10-16(19(23)24)29-17(25-14)11-15(26-29)20(30)28-8-6-27(7-9-28)12-13-4-2-1-3-5-13/h1-5,10-11,18-19H,6-9,12H2. The molecule has 10 heteroatoms. The number of carbonyl (C=O) groups excluding carboxylic acids is 1. The van der Waals surface area contributed by atoms with E-state index in [0.29, 0.717) is 32.2 Å². The molecular weight excluding hydrogens is 402 g/mol. The van der Waals surface area contributed by atoms with E-state index in [1.165, 1.54) is 11.6 Å². The zero-order valence-corrected chi connectivity index (χ0v) is 15.9. The molecule has 1 aliphatic heterocycles. The number of alkyl halides is 4. The zero-order chi connectivity index (χ0) is 21.3. The molecule has 0 spiro atoms. The minimum atomic E-state index is -3.03. The van der Waals surface area contributed by atoms with E-state index in [0.717, 1.165) is 11.1 Å². The highest BCUT2D eigenvalue weighted by atomic mass is 19.3. The molecule has 0 bridgehead atoms. The summed E-state index contributed by atoms with van der Waals surface area (Å²) >= 11 is 0. The third kappa shape index (κ3) is 4.13. The highest BCUT2D eigenvalue weighted by molar-refractivity contribution is 5.93. The predicted molar refractivity (Wildman–Crippen MR) is 101 cm³/mol. The van der Waals surface area contributed by atoms with E-state index < -0.39 is 30.1 Å². The van der Waals surface area contributed by atoms with Crippen LogP contribution >= 0.6 is 0 Å². The lowest BCUT2D eigenvalue weighted by Gasteiger charge is -2.34. The molecule has 0 N–H and O–H groups in total. The quantitative estimate of drug-likeness (QED) is 0.592. The van der Waals surface area contributed by atoms with Crippen LogP contribution in [0.2, 0.25) is 0 Å². The van der Waals surface area contributed by atoms with E-state index in [1.54, 1.807) is 4.90 Å². The van der Waals surface area contributed by atoms with Crippen LogP contribution in [0.4, 0.5) is 17.6 Å². The Hall–Kier alpha value is -3.01. The number of fused-ring (bicyclic) bond motifs is 1. The van der Waals surface area contributed by atoms with Gasteiger partial charge >= 0.3 is 0 Å². The van der Waals surface area contributed by atoms with Crippen molar-refractivity contribution in [3.63, 3.8) is 0 Å². The summed E-state index contributed by atoms with van der Waals surface area (Å²) in [4.78, 5) is 20.3. The number of benzene rings is 1. The molecule has 1 aliphatic rings. The van der Waals surface area contributed by atoms with E-state index in [1.807, 2.05) is 30.3 Å². The van der Waals surface area contributed by atoms with Gasteiger partial charge in [0.05, 0.1) is 0 Å². The second-order valence-electron chi connectivity index (χ2n) is 7.06. The van der Waals surface area contributed by atoms with Gasteiger partial charge in [-0.15, -0.1) is 0 Å². The fourth-order valence-electron chi connectivity index (χ4n) is 3.50. The van der Waals surface area contributed by atoms with Crippen molar-refractivity contribution in [3.05, 3.63) is 65.1 Å². The van der Waals surface area contributed by atoms with Gasteiger partial charge in [0.15, 0.2) is 11.3 Å². The maximum atomic E-state index is 13.3. The first-order valence-electron chi connectivity index (χ1n) is 9.45. The second-order valence-corrected chi connectivity index (χ2v) is 7.06. The number of nitrogens with zero attached hydrogens (tertiary/aromatic N) is 5. The van der Waals surface area contributed by atoms with Crippen molar-refractivity contribution < 1.29 is 22.4 Å². The van der Waals surface area contributed by atoms with Crippen molar-refractivity contribution in [2.45, 2.75) is 19.4 Å². The number of amides is 1. The molecule has 3 aromatic rings. The summed E-state index contributed by atoms with van der Waals surface area (Å²) in [7, 11) is 0. The molecular formula is C20H19F4N5O. The minimum absolute atomic E-state index is 0.0904. The topological polar surface area (TPSA) is 53.7 Å². The Morgan fingerprint density at radius 1 is 0.967 bits per heavy atom. The van der Waals surface area contributed by atoms with Crippen molar-refractivity contribution in [2.24, 2.45) is 0 Å².